The Balaban J connectivity index is 2.26. The van der Waals surface area contributed by atoms with E-state index in [4.69, 9.17) is 0 Å². The highest BCUT2D eigenvalue weighted by molar-refractivity contribution is 9.10. The summed E-state index contributed by atoms with van der Waals surface area (Å²) in [4.78, 5) is 24.2. The van der Waals surface area contributed by atoms with Crippen molar-refractivity contribution in [2.45, 2.75) is 25.4 Å². The second-order valence-electron chi connectivity index (χ2n) is 5.72. The van der Waals surface area contributed by atoms with Gasteiger partial charge in [-0.2, -0.15) is 0 Å². The highest BCUT2D eigenvalue weighted by Gasteiger charge is 2.29. The quantitative estimate of drug-likeness (QED) is 0.691. The number of rotatable bonds is 6. The van der Waals surface area contributed by atoms with Crippen molar-refractivity contribution in [2.24, 2.45) is 0 Å². The van der Waals surface area contributed by atoms with Gasteiger partial charge in [0.2, 0.25) is 0 Å². The van der Waals surface area contributed by atoms with Crippen LogP contribution in [0.3, 0.4) is 0 Å². The fourth-order valence-corrected chi connectivity index (χ4v) is 2.95. The summed E-state index contributed by atoms with van der Waals surface area (Å²) in [6.07, 6.45) is 0.859. The average molecular weight is 405 g/mol. The number of hydrogen-bond acceptors (Lipinski definition) is 2. The molecule has 0 saturated carbocycles. The molecule has 2 aromatic rings. The first kappa shape index (κ1) is 19.1. The molecule has 132 valence electrons. The molecule has 0 unspecified atom stereocenters. The van der Waals surface area contributed by atoms with Gasteiger partial charge >= 0.3 is 6.03 Å². The normalized spacial score (nSPS) is 12.9. The number of carbonyl (C=O) groups is 2. The molecule has 0 aliphatic rings. The number of quaternary nitrogens is 1. The predicted molar refractivity (Wildman–Crippen MR) is 101 cm³/mol. The summed E-state index contributed by atoms with van der Waals surface area (Å²) in [5.41, 5.74) is 2.00. The van der Waals surface area contributed by atoms with Crippen LogP contribution in [0.15, 0.2) is 59.1 Å². The Labute approximate surface area is 156 Å². The molecule has 2 rings (SSSR count). The Morgan fingerprint density at radius 1 is 1.04 bits per heavy atom. The Bertz CT molecular complexity index is 704. The molecule has 3 amide bonds. The van der Waals surface area contributed by atoms with E-state index in [1.165, 1.54) is 7.05 Å². The fourth-order valence-electron chi connectivity index (χ4n) is 2.69. The number of nitrogens with two attached hydrogens (primary N) is 1. The van der Waals surface area contributed by atoms with Crippen molar-refractivity contribution in [3.63, 3.8) is 0 Å². The highest BCUT2D eigenvalue weighted by Crippen LogP contribution is 2.18. The van der Waals surface area contributed by atoms with E-state index < -0.39 is 12.1 Å². The van der Waals surface area contributed by atoms with Gasteiger partial charge in [-0.05, 0) is 12.1 Å². The Morgan fingerprint density at radius 3 is 2.24 bits per heavy atom. The van der Waals surface area contributed by atoms with Gasteiger partial charge in [0.1, 0.15) is 6.04 Å². The Hall–Kier alpha value is -2.18. The molecular formula is C19H23BrN3O2+. The minimum Gasteiger partial charge on any atom is -0.341 e. The van der Waals surface area contributed by atoms with Gasteiger partial charge in [0, 0.05) is 29.1 Å². The number of benzene rings is 2. The van der Waals surface area contributed by atoms with E-state index >= 15 is 0 Å². The second-order valence-corrected chi connectivity index (χ2v) is 6.63. The molecular weight excluding hydrogens is 382 g/mol. The zero-order chi connectivity index (χ0) is 18.2. The van der Waals surface area contributed by atoms with Crippen LogP contribution in [-0.2, 0) is 4.79 Å². The molecule has 2 atom stereocenters. The van der Waals surface area contributed by atoms with E-state index in [9.17, 15) is 9.59 Å². The van der Waals surface area contributed by atoms with Crippen molar-refractivity contribution >= 4 is 27.9 Å². The smallest absolute Gasteiger partial charge is 0.321 e. The summed E-state index contributed by atoms with van der Waals surface area (Å²) >= 11 is 3.44. The van der Waals surface area contributed by atoms with Gasteiger partial charge in [0.25, 0.3) is 5.91 Å². The Kier molecular flexibility index (Phi) is 7.16. The van der Waals surface area contributed by atoms with E-state index in [0.29, 0.717) is 0 Å². The van der Waals surface area contributed by atoms with Crippen LogP contribution in [0.1, 0.15) is 36.6 Å². The van der Waals surface area contributed by atoms with Crippen molar-refractivity contribution < 1.29 is 14.9 Å². The molecule has 0 saturated heterocycles. The third-order valence-corrected chi connectivity index (χ3v) is 4.60. The molecule has 0 spiro atoms. The van der Waals surface area contributed by atoms with Crippen molar-refractivity contribution in [3.05, 3.63) is 70.2 Å². The maximum absolute atomic E-state index is 12.6. The summed E-state index contributed by atoms with van der Waals surface area (Å²) in [5.74, 6) is -0.332. The largest absolute Gasteiger partial charge is 0.341 e. The predicted octanol–water partition coefficient (Wildman–Crippen LogP) is 2.66. The number of amides is 3. The second kappa shape index (κ2) is 9.34. The zero-order valence-electron chi connectivity index (χ0n) is 14.3. The average Bonchev–Trinajstić information content (AvgIpc) is 2.64. The van der Waals surface area contributed by atoms with Crippen LogP contribution in [0.25, 0.3) is 0 Å². The first-order chi connectivity index (χ1) is 12.0. The molecule has 25 heavy (non-hydrogen) atoms. The van der Waals surface area contributed by atoms with Crippen LogP contribution in [0.5, 0.6) is 0 Å². The number of hydrogen-bond donors (Lipinski definition) is 3. The van der Waals surface area contributed by atoms with Gasteiger partial charge in [0.05, 0.1) is 0 Å². The summed E-state index contributed by atoms with van der Waals surface area (Å²) in [6.45, 7) is 2.09. The lowest BCUT2D eigenvalue weighted by Gasteiger charge is -2.21. The number of carbonyl (C=O) groups excluding carboxylic acids is 2. The maximum Gasteiger partial charge on any atom is 0.321 e. The summed E-state index contributed by atoms with van der Waals surface area (Å²) in [7, 11) is 1.49. The van der Waals surface area contributed by atoms with Crippen LogP contribution in [-0.4, -0.2) is 19.0 Å². The third-order valence-electron chi connectivity index (χ3n) is 4.07. The van der Waals surface area contributed by atoms with Gasteiger partial charge < -0.3 is 10.6 Å². The summed E-state index contributed by atoms with van der Waals surface area (Å²) < 4.78 is 1.02. The molecule has 0 heterocycles. The van der Waals surface area contributed by atoms with Crippen LogP contribution < -0.4 is 16.0 Å². The number of imide groups is 1. The highest BCUT2D eigenvalue weighted by atomic mass is 79.9. The van der Waals surface area contributed by atoms with Crippen molar-refractivity contribution in [2.75, 3.05) is 7.05 Å². The first-order valence-corrected chi connectivity index (χ1v) is 9.02. The maximum atomic E-state index is 12.6. The van der Waals surface area contributed by atoms with Crippen molar-refractivity contribution in [3.8, 4) is 0 Å². The summed E-state index contributed by atoms with van der Waals surface area (Å²) in [5, 5.41) is 6.82. The third kappa shape index (κ3) is 5.41. The molecule has 0 aliphatic heterocycles. The van der Waals surface area contributed by atoms with E-state index in [-0.39, 0.29) is 11.9 Å². The van der Waals surface area contributed by atoms with Gasteiger partial charge in [-0.1, -0.05) is 65.3 Å². The SMILES string of the molecule is CC[C@@H]([NH2+][C@H](C(=O)NC(=O)NC)c1ccccc1)c1ccc(Br)cc1. The van der Waals surface area contributed by atoms with E-state index in [1.807, 2.05) is 59.9 Å². The molecule has 0 aromatic heterocycles. The molecule has 4 N–H and O–H groups in total. The molecule has 0 aliphatic carbocycles. The van der Waals surface area contributed by atoms with Crippen molar-refractivity contribution in [1.29, 1.82) is 0 Å². The lowest BCUT2D eigenvalue weighted by atomic mass is 10.00. The Morgan fingerprint density at radius 2 is 1.68 bits per heavy atom. The molecule has 2 aromatic carbocycles. The monoisotopic (exact) mass is 404 g/mol. The van der Waals surface area contributed by atoms with Gasteiger partial charge in [-0.25, -0.2) is 4.79 Å². The lowest BCUT2D eigenvalue weighted by molar-refractivity contribution is -0.722. The standard InChI is InChI=1S/C19H22BrN3O2/c1-3-16(13-9-11-15(20)12-10-13)22-17(14-7-5-4-6-8-14)18(24)23-19(25)21-2/h4-12,16-17,22H,3H2,1-2H3,(H2,21,23,24,25)/p+1/t16-,17+/m1/s1. The molecule has 0 radical (unpaired) electrons. The van der Waals surface area contributed by atoms with Crippen LogP contribution in [0.4, 0.5) is 4.79 Å². The fraction of sp³-hybridized carbons (Fsp3) is 0.263. The first-order valence-electron chi connectivity index (χ1n) is 8.23. The minimum absolute atomic E-state index is 0.105. The zero-order valence-corrected chi connectivity index (χ0v) is 15.9. The topological polar surface area (TPSA) is 74.8 Å². The number of urea groups is 1. The van der Waals surface area contributed by atoms with Gasteiger partial charge in [0.15, 0.2) is 6.04 Å². The van der Waals surface area contributed by atoms with Crippen molar-refractivity contribution in [1.82, 2.24) is 10.6 Å². The minimum atomic E-state index is -0.507. The lowest BCUT2D eigenvalue weighted by Crippen LogP contribution is -2.88. The summed E-state index contributed by atoms with van der Waals surface area (Å²) in [6, 6.07) is 16.7. The van der Waals surface area contributed by atoms with Gasteiger partial charge in [-0.15, -0.1) is 0 Å². The van der Waals surface area contributed by atoms with Crippen LogP contribution >= 0.6 is 15.9 Å². The molecule has 0 bridgehead atoms. The molecule has 0 fully saturated rings. The molecule has 5 nitrogen and oxygen atoms in total. The number of nitrogens with one attached hydrogen (secondary N) is 2. The molecule has 6 heteroatoms. The van der Waals surface area contributed by atoms with E-state index in [0.717, 1.165) is 22.0 Å². The van der Waals surface area contributed by atoms with Gasteiger partial charge in [-0.3, -0.25) is 10.1 Å². The van der Waals surface area contributed by atoms with Crippen LogP contribution in [0.2, 0.25) is 0 Å². The van der Waals surface area contributed by atoms with E-state index in [1.54, 1.807) is 0 Å². The number of halogens is 1. The van der Waals surface area contributed by atoms with Crippen LogP contribution in [0, 0.1) is 0 Å². The van der Waals surface area contributed by atoms with E-state index in [2.05, 4.69) is 33.5 Å².